The summed E-state index contributed by atoms with van der Waals surface area (Å²) in [6.45, 7) is 10.3. The van der Waals surface area contributed by atoms with Gasteiger partial charge >= 0.3 is 11.9 Å². The maximum absolute atomic E-state index is 12.6. The van der Waals surface area contributed by atoms with Crippen LogP contribution in [0.15, 0.2) is 11.6 Å². The molecule has 4 aliphatic carbocycles. The van der Waals surface area contributed by atoms with Crippen molar-refractivity contribution in [3.8, 4) is 0 Å². The van der Waals surface area contributed by atoms with Crippen molar-refractivity contribution in [2.24, 2.45) is 34.5 Å². The van der Waals surface area contributed by atoms with Gasteiger partial charge in [-0.15, -0.1) is 0 Å². The number of esters is 2. The maximum atomic E-state index is 12.6. The van der Waals surface area contributed by atoms with Crippen molar-refractivity contribution in [3.05, 3.63) is 11.6 Å². The molecule has 392 valence electrons. The Hall–Kier alpha value is -1.96. The van der Waals surface area contributed by atoms with Crippen LogP contribution >= 0.6 is 0 Å². The summed E-state index contributed by atoms with van der Waals surface area (Å²) < 4.78 is 60.1. The summed E-state index contributed by atoms with van der Waals surface area (Å²) in [6, 6.07) is 0. The van der Waals surface area contributed by atoms with Crippen LogP contribution < -0.4 is 0 Å². The van der Waals surface area contributed by atoms with E-state index in [1.165, 1.54) is 6.92 Å². The van der Waals surface area contributed by atoms with Gasteiger partial charge in [0.05, 0.1) is 54.9 Å². The second-order valence-electron chi connectivity index (χ2n) is 22.2. The second-order valence-corrected chi connectivity index (χ2v) is 22.2. The van der Waals surface area contributed by atoms with Crippen LogP contribution in [0.25, 0.3) is 0 Å². The molecule has 5 aliphatic heterocycles. The molecule has 4 saturated carbocycles. The quantitative estimate of drug-likeness (QED) is 0.104. The molecule has 0 aromatic heterocycles. The summed E-state index contributed by atoms with van der Waals surface area (Å²) >= 11 is 0. The largest absolute Gasteiger partial charge is 0.459 e. The van der Waals surface area contributed by atoms with E-state index in [4.69, 9.17) is 47.4 Å². The number of aliphatic hydroxyl groups is 8. The first-order valence-electron chi connectivity index (χ1n) is 25.3. The highest BCUT2D eigenvalue weighted by Crippen LogP contribution is 2.70. The van der Waals surface area contributed by atoms with Crippen molar-refractivity contribution in [2.75, 3.05) is 13.2 Å². The van der Waals surface area contributed by atoms with Crippen LogP contribution in [0.5, 0.6) is 0 Å². The monoisotopic (exact) mass is 984 g/mol. The van der Waals surface area contributed by atoms with Gasteiger partial charge in [0, 0.05) is 37.7 Å². The highest BCUT2D eigenvalue weighted by Gasteiger charge is 2.71. The third kappa shape index (κ3) is 9.48. The summed E-state index contributed by atoms with van der Waals surface area (Å²) in [7, 11) is 0. The first kappa shape index (κ1) is 51.9. The smallest absolute Gasteiger partial charge is 0.331 e. The molecule has 5 heterocycles. The van der Waals surface area contributed by atoms with E-state index in [0.717, 1.165) is 37.7 Å². The molecule has 8 fully saturated rings. The Morgan fingerprint density at radius 1 is 0.710 bits per heavy atom. The van der Waals surface area contributed by atoms with Gasteiger partial charge in [-0.2, -0.15) is 0 Å². The minimum Gasteiger partial charge on any atom is -0.459 e. The lowest BCUT2D eigenvalue weighted by atomic mass is 9.42. The highest BCUT2D eigenvalue weighted by atomic mass is 16.8. The normalized spacial score (nSPS) is 53.3. The third-order valence-corrected chi connectivity index (χ3v) is 18.4. The van der Waals surface area contributed by atoms with E-state index in [1.54, 1.807) is 26.8 Å². The van der Waals surface area contributed by atoms with Crippen LogP contribution in [0.4, 0.5) is 0 Å². The molecule has 20 heteroatoms. The van der Waals surface area contributed by atoms with Crippen molar-refractivity contribution >= 4 is 11.9 Å². The topological polar surface area (TPSA) is 288 Å². The Balaban J connectivity index is 0.752. The number of cyclic esters (lactones) is 1. The van der Waals surface area contributed by atoms with Gasteiger partial charge in [0.25, 0.3) is 0 Å². The summed E-state index contributed by atoms with van der Waals surface area (Å²) in [5.74, 6) is -0.580. The molecule has 20 nitrogen and oxygen atoms in total. The molecule has 0 spiro atoms. The first-order chi connectivity index (χ1) is 32.6. The predicted molar refractivity (Wildman–Crippen MR) is 235 cm³/mol. The molecule has 0 bridgehead atoms. The van der Waals surface area contributed by atoms with Crippen LogP contribution in [0.1, 0.15) is 112 Å². The van der Waals surface area contributed by atoms with Crippen LogP contribution in [-0.2, 0) is 57.0 Å². The van der Waals surface area contributed by atoms with Gasteiger partial charge in [0.15, 0.2) is 25.2 Å². The minimum absolute atomic E-state index is 0.00421. The molecule has 69 heavy (non-hydrogen) atoms. The number of aliphatic hydroxyl groups excluding tert-OH is 7. The number of carbonyl (C=O) groups excluding carboxylic acids is 2. The van der Waals surface area contributed by atoms with E-state index in [-0.39, 0.29) is 61.1 Å². The molecule has 9 aliphatic rings. The van der Waals surface area contributed by atoms with E-state index in [1.807, 2.05) is 6.92 Å². The number of carbonyl (C=O) groups is 2. The van der Waals surface area contributed by atoms with Gasteiger partial charge < -0.3 is 88.2 Å². The Bertz CT molecular complexity index is 1850. The molecule has 0 amide bonds. The van der Waals surface area contributed by atoms with Gasteiger partial charge in [-0.3, -0.25) is 4.79 Å². The molecular formula is C49H76O20. The van der Waals surface area contributed by atoms with E-state index in [0.29, 0.717) is 25.2 Å². The lowest BCUT2D eigenvalue weighted by Crippen LogP contribution is -2.67. The van der Waals surface area contributed by atoms with Crippen molar-refractivity contribution in [2.45, 2.75) is 234 Å². The minimum atomic E-state index is -1.69. The Morgan fingerprint density at radius 2 is 1.33 bits per heavy atom. The van der Waals surface area contributed by atoms with Crippen molar-refractivity contribution in [1.82, 2.24) is 0 Å². The Morgan fingerprint density at radius 3 is 1.93 bits per heavy atom. The highest BCUT2D eigenvalue weighted by molar-refractivity contribution is 5.85. The number of hydrogen-bond donors (Lipinski definition) is 8. The van der Waals surface area contributed by atoms with Gasteiger partial charge in [-0.05, 0) is 107 Å². The standard InChI is InChI=1S/C49H76O20/c1-21-43(67-38-17-32(53)44(22(2)62-38)68-39-18-33(64-24(4)51)45(23(3)63-39)69-46-42(58)41(57)40(56)34(19-50)66-46)31(52)16-37(61-21)65-27-9-11-47(5)26(14-27)7-8-29-30(47)15-35(54)48(6)28(10-12-49(29,48)59)25-13-36(55)60-20-25/h13,21-23,26-35,37-46,50,52-54,56-59H,7-12,14-20H2,1-6H3/t21-,22-,23-,26+,27+,28-,29-,30-,31+,32+,33+,34-,35-,37-,38+,39+,40-,41+,42-,43+,44+,45-,46+,47+,48+,49+/m1/s1. The fourth-order valence-electron chi connectivity index (χ4n) is 14.6. The molecule has 0 unspecified atom stereocenters. The Labute approximate surface area is 402 Å². The molecule has 4 saturated heterocycles. The van der Waals surface area contributed by atoms with E-state index >= 15 is 0 Å². The molecule has 0 aromatic rings. The number of rotatable bonds is 11. The lowest BCUT2D eigenvalue weighted by molar-refractivity contribution is -0.355. The van der Waals surface area contributed by atoms with Crippen LogP contribution in [-0.4, -0.2) is 188 Å². The first-order valence-corrected chi connectivity index (χ1v) is 25.3. The van der Waals surface area contributed by atoms with Gasteiger partial charge in [-0.25, -0.2) is 4.79 Å². The molecule has 9 rings (SSSR count). The zero-order valence-electron chi connectivity index (χ0n) is 40.5. The number of hydrogen-bond acceptors (Lipinski definition) is 20. The zero-order chi connectivity index (χ0) is 49.5. The van der Waals surface area contributed by atoms with E-state index < -0.39 is 134 Å². The van der Waals surface area contributed by atoms with E-state index in [9.17, 15) is 50.4 Å². The van der Waals surface area contributed by atoms with Gasteiger partial charge in [0.1, 0.15) is 55.4 Å². The molecule has 0 aromatic carbocycles. The van der Waals surface area contributed by atoms with Crippen LogP contribution in [0.2, 0.25) is 0 Å². The summed E-state index contributed by atoms with van der Waals surface area (Å²) in [6.07, 6.45) is -11.1. The number of ether oxygens (including phenoxy) is 10. The summed E-state index contributed by atoms with van der Waals surface area (Å²) in [5.41, 5.74) is -1.01. The SMILES string of the molecule is CC(=O)O[C@H]1C[C@H](O[C@@H]2[C@@H](O)C[C@H](O[C@@H]3[C@@H](O)C[C@@H](O[C@H]4CC[C@@]5(C)[C@@H](CC[C@@H]6[C@H]5C[C@@H](O)[C@]5(C)[C@@H](C7=CC(=O)OC7)CC[C@]65O)C4)O[C@@H]3C)O[C@@H]2C)O[C@H](C)[C@H]1O[C@@H]1O[C@H](CO)[C@@H](O)[C@H](O)[C@H]1O. The summed E-state index contributed by atoms with van der Waals surface area (Å²) in [5, 5.41) is 88.1. The average Bonchev–Trinajstić information content (AvgIpc) is 3.84. The maximum Gasteiger partial charge on any atom is 0.331 e. The number of fused-ring (bicyclic) bond motifs is 5. The fourth-order valence-corrected chi connectivity index (χ4v) is 14.6. The van der Waals surface area contributed by atoms with Crippen molar-refractivity contribution in [3.63, 3.8) is 0 Å². The third-order valence-electron chi connectivity index (χ3n) is 18.4. The van der Waals surface area contributed by atoms with Crippen molar-refractivity contribution < 1.29 is 97.8 Å². The molecule has 0 radical (unpaired) electrons. The van der Waals surface area contributed by atoms with Crippen LogP contribution in [0.3, 0.4) is 0 Å². The van der Waals surface area contributed by atoms with Crippen molar-refractivity contribution in [1.29, 1.82) is 0 Å². The summed E-state index contributed by atoms with van der Waals surface area (Å²) in [4.78, 5) is 24.2. The molecule has 26 atom stereocenters. The molecule has 8 N–H and O–H groups in total. The average molecular weight is 985 g/mol. The lowest BCUT2D eigenvalue weighted by Gasteiger charge is -2.65. The fraction of sp³-hybridized carbons (Fsp3) is 0.918. The van der Waals surface area contributed by atoms with Gasteiger partial charge in [-0.1, -0.05) is 13.8 Å². The van der Waals surface area contributed by atoms with Crippen LogP contribution in [0, 0.1) is 34.5 Å². The van der Waals surface area contributed by atoms with Gasteiger partial charge in [0.2, 0.25) is 0 Å². The van der Waals surface area contributed by atoms with E-state index in [2.05, 4.69) is 6.92 Å². The Kier molecular flexibility index (Phi) is 15.1. The molecular weight excluding hydrogens is 909 g/mol. The predicted octanol–water partition coefficient (Wildman–Crippen LogP) is 0.613. The zero-order valence-corrected chi connectivity index (χ0v) is 40.5. The second kappa shape index (κ2) is 20.0.